The molecule has 2 atom stereocenters. The molecule has 2 aromatic rings. The maximum atomic E-state index is 10.5. The van der Waals surface area contributed by atoms with E-state index in [-0.39, 0.29) is 12.5 Å². The molecule has 140 valence electrons. The molecule has 0 bridgehead atoms. The number of rotatable bonds is 9. The summed E-state index contributed by atoms with van der Waals surface area (Å²) in [5.41, 5.74) is 1.71. The second kappa shape index (κ2) is 9.85. The highest BCUT2D eigenvalue weighted by Crippen LogP contribution is 2.29. The maximum Gasteiger partial charge on any atom is 0.161 e. The van der Waals surface area contributed by atoms with Crippen LogP contribution in [0.1, 0.15) is 23.7 Å². The Morgan fingerprint density at radius 3 is 2.19 bits per heavy atom. The lowest BCUT2D eigenvalue weighted by Gasteiger charge is -2.20. The monoisotopic (exact) mass is 358 g/mol. The Hall–Kier alpha value is -2.50. The van der Waals surface area contributed by atoms with E-state index in [9.17, 15) is 10.2 Å². The Bertz CT molecular complexity index is 709. The van der Waals surface area contributed by atoms with Gasteiger partial charge in [0.2, 0.25) is 0 Å². The fraction of sp³-hybridized carbons (Fsp3) is 0.333. The van der Waals surface area contributed by atoms with Gasteiger partial charge in [0.25, 0.3) is 0 Å². The van der Waals surface area contributed by atoms with Crippen LogP contribution >= 0.6 is 0 Å². The molecule has 0 aromatic heterocycles. The molecule has 0 aliphatic heterocycles. The van der Waals surface area contributed by atoms with E-state index >= 15 is 0 Å². The van der Waals surface area contributed by atoms with Crippen LogP contribution in [0.5, 0.6) is 17.2 Å². The summed E-state index contributed by atoms with van der Waals surface area (Å²) in [6.45, 7) is -0.108. The first-order valence-electron chi connectivity index (χ1n) is 8.44. The van der Waals surface area contributed by atoms with E-state index in [2.05, 4.69) is 0 Å². The first-order valence-corrected chi connectivity index (χ1v) is 8.44. The summed E-state index contributed by atoms with van der Waals surface area (Å²) >= 11 is 0. The van der Waals surface area contributed by atoms with Gasteiger partial charge in [-0.3, -0.25) is 0 Å². The van der Waals surface area contributed by atoms with Crippen molar-refractivity contribution >= 4 is 6.08 Å². The molecule has 2 N–H and O–H groups in total. The van der Waals surface area contributed by atoms with Crippen LogP contribution in [-0.2, 0) is 0 Å². The topological polar surface area (TPSA) is 68.2 Å². The summed E-state index contributed by atoms with van der Waals surface area (Å²) in [7, 11) is 4.79. The summed E-state index contributed by atoms with van der Waals surface area (Å²) in [5.74, 6) is 1.77. The van der Waals surface area contributed by atoms with Gasteiger partial charge in [-0.1, -0.05) is 30.4 Å². The highest BCUT2D eigenvalue weighted by atomic mass is 16.5. The van der Waals surface area contributed by atoms with Gasteiger partial charge in [0.15, 0.2) is 11.5 Å². The molecule has 0 heterocycles. The summed E-state index contributed by atoms with van der Waals surface area (Å²) in [4.78, 5) is 0. The van der Waals surface area contributed by atoms with Crippen LogP contribution in [-0.4, -0.2) is 38.1 Å². The Balaban J connectivity index is 2.04. The van der Waals surface area contributed by atoms with E-state index < -0.39 is 6.10 Å². The maximum absolute atomic E-state index is 10.5. The van der Waals surface area contributed by atoms with E-state index in [1.165, 1.54) is 0 Å². The molecule has 5 heteroatoms. The highest BCUT2D eigenvalue weighted by molar-refractivity contribution is 5.55. The van der Waals surface area contributed by atoms with Crippen molar-refractivity contribution in [2.24, 2.45) is 5.92 Å². The van der Waals surface area contributed by atoms with Gasteiger partial charge < -0.3 is 24.4 Å². The number of aliphatic hydroxyl groups excluding tert-OH is 2. The van der Waals surface area contributed by atoms with E-state index in [0.717, 1.165) is 16.9 Å². The van der Waals surface area contributed by atoms with E-state index in [1.807, 2.05) is 42.5 Å². The smallest absolute Gasteiger partial charge is 0.161 e. The Labute approximate surface area is 154 Å². The third-order valence-corrected chi connectivity index (χ3v) is 4.30. The zero-order valence-electron chi connectivity index (χ0n) is 15.4. The summed E-state index contributed by atoms with van der Waals surface area (Å²) < 4.78 is 15.6. The van der Waals surface area contributed by atoms with Crippen molar-refractivity contribution in [1.29, 1.82) is 0 Å². The first-order chi connectivity index (χ1) is 12.6. The number of aliphatic hydroxyl groups is 2. The average Bonchev–Trinajstić information content (AvgIpc) is 2.70. The molecule has 26 heavy (non-hydrogen) atoms. The Kier molecular flexibility index (Phi) is 7.51. The van der Waals surface area contributed by atoms with Crippen LogP contribution in [0.2, 0.25) is 0 Å². The van der Waals surface area contributed by atoms with Crippen molar-refractivity contribution in [3.63, 3.8) is 0 Å². The largest absolute Gasteiger partial charge is 0.497 e. The number of ether oxygens (including phenoxy) is 3. The summed E-state index contributed by atoms with van der Waals surface area (Å²) in [6, 6.07) is 12.9. The minimum atomic E-state index is -0.749. The average molecular weight is 358 g/mol. The van der Waals surface area contributed by atoms with E-state index in [1.54, 1.807) is 33.5 Å². The molecule has 0 spiro atoms. The Morgan fingerprint density at radius 2 is 1.62 bits per heavy atom. The minimum Gasteiger partial charge on any atom is -0.497 e. The zero-order chi connectivity index (χ0) is 18.9. The SMILES string of the molecule is COc1ccc([C@@H](O)[C@H](CO)CC=Cc2ccc(OC)c(OC)c2)cc1. The van der Waals surface area contributed by atoms with Crippen LogP contribution in [0, 0.1) is 5.92 Å². The number of benzene rings is 2. The van der Waals surface area contributed by atoms with Gasteiger partial charge in [-0.05, 0) is 41.8 Å². The van der Waals surface area contributed by atoms with Crippen LogP contribution in [0.25, 0.3) is 6.08 Å². The van der Waals surface area contributed by atoms with Crippen molar-refractivity contribution in [2.75, 3.05) is 27.9 Å². The second-order valence-corrected chi connectivity index (χ2v) is 5.91. The standard InChI is InChI=1S/C21H26O5/c1-24-18-10-8-16(9-11-18)21(23)17(14-22)6-4-5-15-7-12-19(25-2)20(13-15)26-3/h4-5,7-13,17,21-23H,6,14H2,1-3H3/t17-,21+/m0/s1. The van der Waals surface area contributed by atoms with Crippen molar-refractivity contribution in [3.05, 3.63) is 59.7 Å². The molecule has 0 aliphatic rings. The highest BCUT2D eigenvalue weighted by Gasteiger charge is 2.19. The van der Waals surface area contributed by atoms with Crippen LogP contribution < -0.4 is 14.2 Å². The fourth-order valence-electron chi connectivity index (χ4n) is 2.71. The van der Waals surface area contributed by atoms with Crippen molar-refractivity contribution in [1.82, 2.24) is 0 Å². The van der Waals surface area contributed by atoms with Crippen LogP contribution in [0.3, 0.4) is 0 Å². The molecule has 5 nitrogen and oxygen atoms in total. The van der Waals surface area contributed by atoms with Gasteiger partial charge in [0.1, 0.15) is 5.75 Å². The van der Waals surface area contributed by atoms with Crippen LogP contribution in [0.15, 0.2) is 48.5 Å². The van der Waals surface area contributed by atoms with Crippen LogP contribution in [0.4, 0.5) is 0 Å². The van der Waals surface area contributed by atoms with Gasteiger partial charge >= 0.3 is 0 Å². The molecular weight excluding hydrogens is 332 g/mol. The van der Waals surface area contributed by atoms with Gasteiger partial charge in [0.05, 0.1) is 27.4 Å². The molecule has 0 unspecified atom stereocenters. The molecule has 0 fully saturated rings. The van der Waals surface area contributed by atoms with Gasteiger partial charge in [0, 0.05) is 12.5 Å². The molecular formula is C21H26O5. The van der Waals surface area contributed by atoms with Gasteiger partial charge in [-0.25, -0.2) is 0 Å². The lowest BCUT2D eigenvalue weighted by atomic mass is 9.93. The molecule has 2 rings (SSSR count). The molecule has 0 amide bonds. The number of allylic oxidation sites excluding steroid dienone is 1. The lowest BCUT2D eigenvalue weighted by molar-refractivity contribution is 0.0684. The predicted molar refractivity (Wildman–Crippen MR) is 102 cm³/mol. The summed E-state index contributed by atoms with van der Waals surface area (Å²) in [5, 5.41) is 20.2. The fourth-order valence-corrected chi connectivity index (χ4v) is 2.71. The lowest BCUT2D eigenvalue weighted by Crippen LogP contribution is -2.16. The number of hydrogen-bond acceptors (Lipinski definition) is 5. The Morgan fingerprint density at radius 1 is 0.923 bits per heavy atom. The molecule has 0 saturated heterocycles. The molecule has 2 aromatic carbocycles. The molecule has 0 saturated carbocycles. The predicted octanol–water partition coefficient (Wildman–Crippen LogP) is 3.46. The third kappa shape index (κ3) is 5.00. The quantitative estimate of drug-likeness (QED) is 0.718. The van der Waals surface area contributed by atoms with E-state index in [0.29, 0.717) is 17.9 Å². The second-order valence-electron chi connectivity index (χ2n) is 5.91. The van der Waals surface area contributed by atoms with E-state index in [4.69, 9.17) is 14.2 Å². The van der Waals surface area contributed by atoms with Gasteiger partial charge in [-0.2, -0.15) is 0 Å². The van der Waals surface area contributed by atoms with Gasteiger partial charge in [-0.15, -0.1) is 0 Å². The molecule has 0 radical (unpaired) electrons. The normalized spacial score (nSPS) is 13.4. The zero-order valence-corrected chi connectivity index (χ0v) is 15.4. The summed E-state index contributed by atoms with van der Waals surface area (Å²) in [6.07, 6.45) is 3.67. The third-order valence-electron chi connectivity index (χ3n) is 4.30. The number of methoxy groups -OCH3 is 3. The van der Waals surface area contributed by atoms with Crippen molar-refractivity contribution < 1.29 is 24.4 Å². The van der Waals surface area contributed by atoms with Crippen molar-refractivity contribution in [3.8, 4) is 17.2 Å². The minimum absolute atomic E-state index is 0.108. The van der Waals surface area contributed by atoms with Crippen molar-refractivity contribution in [2.45, 2.75) is 12.5 Å². The number of hydrogen-bond donors (Lipinski definition) is 2. The first kappa shape index (κ1) is 19.8. The molecule has 0 aliphatic carbocycles.